The van der Waals surface area contributed by atoms with Gasteiger partial charge in [0.05, 0.1) is 0 Å². The first-order valence-electron chi connectivity index (χ1n) is 4.97. The predicted octanol–water partition coefficient (Wildman–Crippen LogP) is 2.02. The monoisotopic (exact) mass is 239 g/mol. The van der Waals surface area contributed by atoms with Crippen molar-refractivity contribution in [1.29, 1.82) is 0 Å². The Labute approximate surface area is 91.5 Å². The van der Waals surface area contributed by atoms with Crippen molar-refractivity contribution >= 4 is 21.6 Å². The molecule has 1 saturated heterocycles. The van der Waals surface area contributed by atoms with Gasteiger partial charge in [0.25, 0.3) is 0 Å². The zero-order valence-corrected chi connectivity index (χ0v) is 10.4. The van der Waals surface area contributed by atoms with E-state index in [1.165, 1.54) is 4.31 Å². The summed E-state index contributed by atoms with van der Waals surface area (Å²) in [5.41, 5.74) is 0.318. The Kier molecular flexibility index (Phi) is 3.83. The van der Waals surface area contributed by atoms with E-state index in [9.17, 15) is 8.42 Å². The Bertz CT molecular complexity index is 281. The van der Waals surface area contributed by atoms with Crippen LogP contribution < -0.4 is 0 Å². The minimum absolute atomic E-state index is 0.296. The summed E-state index contributed by atoms with van der Waals surface area (Å²) in [5.74, 6) is 0. The molecule has 0 atom stereocenters. The summed E-state index contributed by atoms with van der Waals surface area (Å²) in [6, 6.07) is 0. The van der Waals surface area contributed by atoms with Crippen molar-refractivity contribution in [1.82, 2.24) is 4.31 Å². The molecule has 5 heteroatoms. The molecule has 0 spiro atoms. The van der Waals surface area contributed by atoms with Crippen molar-refractivity contribution < 1.29 is 8.42 Å². The second-order valence-corrected chi connectivity index (χ2v) is 6.84. The highest BCUT2D eigenvalue weighted by Gasteiger charge is 2.32. The van der Waals surface area contributed by atoms with Crippen molar-refractivity contribution in [2.45, 2.75) is 33.1 Å². The van der Waals surface area contributed by atoms with Crippen molar-refractivity contribution in [3.8, 4) is 0 Å². The van der Waals surface area contributed by atoms with Crippen LogP contribution in [0.2, 0.25) is 0 Å². The number of alkyl halides is 1. The molecule has 1 heterocycles. The Balaban J connectivity index is 2.60. The molecule has 1 rings (SSSR count). The van der Waals surface area contributed by atoms with Gasteiger partial charge in [0.15, 0.2) is 0 Å². The predicted molar refractivity (Wildman–Crippen MR) is 58.8 cm³/mol. The number of hydrogen-bond donors (Lipinski definition) is 0. The molecule has 3 nitrogen and oxygen atoms in total. The zero-order chi connectivity index (χ0) is 10.8. The molecule has 0 aromatic carbocycles. The number of nitrogens with zero attached hydrogens (tertiary/aromatic N) is 1. The van der Waals surface area contributed by atoms with Crippen LogP contribution in [0.5, 0.6) is 0 Å². The third-order valence-electron chi connectivity index (χ3n) is 3.31. The smallest absolute Gasteiger partial charge is 0.211 e. The fraction of sp³-hybridized carbons (Fsp3) is 1.00. The highest BCUT2D eigenvalue weighted by molar-refractivity contribution is 7.90. The van der Waals surface area contributed by atoms with Gasteiger partial charge in [-0.15, -0.1) is 11.6 Å². The Hall–Kier alpha value is 0.200. The van der Waals surface area contributed by atoms with E-state index in [1.54, 1.807) is 0 Å². The molecule has 0 amide bonds. The molecule has 0 bridgehead atoms. The standard InChI is InChI=1S/C9H18ClNO2S/c1-3-9(2)4-6-11(7-5-9)14(12,13)8-10/h3-8H2,1-2H3. The molecule has 0 aliphatic carbocycles. The van der Waals surface area contributed by atoms with Crippen LogP contribution in [0, 0.1) is 5.41 Å². The lowest BCUT2D eigenvalue weighted by atomic mass is 9.79. The maximum absolute atomic E-state index is 11.4. The first-order chi connectivity index (χ1) is 6.43. The molecule has 0 saturated carbocycles. The lowest BCUT2D eigenvalue weighted by Gasteiger charge is -2.37. The largest absolute Gasteiger partial charge is 0.228 e. The number of halogens is 1. The maximum atomic E-state index is 11.4. The molecule has 0 aromatic heterocycles. The van der Waals surface area contributed by atoms with E-state index in [4.69, 9.17) is 11.6 Å². The van der Waals surface area contributed by atoms with Crippen LogP contribution in [-0.4, -0.2) is 31.0 Å². The first-order valence-corrected chi connectivity index (χ1v) is 7.12. The lowest BCUT2D eigenvalue weighted by Crippen LogP contribution is -2.42. The van der Waals surface area contributed by atoms with Gasteiger partial charge >= 0.3 is 0 Å². The molecule has 0 unspecified atom stereocenters. The zero-order valence-electron chi connectivity index (χ0n) is 8.79. The Morgan fingerprint density at radius 1 is 1.36 bits per heavy atom. The summed E-state index contributed by atoms with van der Waals surface area (Å²) in [6.07, 6.45) is 3.00. The van der Waals surface area contributed by atoms with Crippen molar-refractivity contribution in [3.63, 3.8) is 0 Å². The van der Waals surface area contributed by atoms with Crippen LogP contribution in [0.3, 0.4) is 0 Å². The van der Waals surface area contributed by atoms with E-state index < -0.39 is 10.0 Å². The fourth-order valence-corrected chi connectivity index (χ4v) is 3.02. The van der Waals surface area contributed by atoms with Gasteiger partial charge in [-0.05, 0) is 18.3 Å². The van der Waals surface area contributed by atoms with Crippen LogP contribution in [-0.2, 0) is 10.0 Å². The Morgan fingerprint density at radius 2 is 1.86 bits per heavy atom. The summed E-state index contributed by atoms with van der Waals surface area (Å²) in [4.78, 5) is 0. The highest BCUT2D eigenvalue weighted by atomic mass is 35.5. The second-order valence-electron chi connectivity index (χ2n) is 4.28. The van der Waals surface area contributed by atoms with Crippen LogP contribution in [0.15, 0.2) is 0 Å². The van der Waals surface area contributed by atoms with Crippen LogP contribution in [0.4, 0.5) is 0 Å². The molecule has 14 heavy (non-hydrogen) atoms. The number of rotatable bonds is 3. The van der Waals surface area contributed by atoms with Crippen molar-refractivity contribution in [2.24, 2.45) is 5.41 Å². The maximum Gasteiger partial charge on any atom is 0.228 e. The quantitative estimate of drug-likeness (QED) is 0.707. The van der Waals surface area contributed by atoms with Gasteiger partial charge in [-0.25, -0.2) is 12.7 Å². The third kappa shape index (κ3) is 2.61. The lowest BCUT2D eigenvalue weighted by molar-refractivity contribution is 0.169. The first kappa shape index (κ1) is 12.3. The van der Waals surface area contributed by atoms with Gasteiger partial charge < -0.3 is 0 Å². The van der Waals surface area contributed by atoms with E-state index in [1.807, 2.05) is 0 Å². The molecule has 1 fully saturated rings. The van der Waals surface area contributed by atoms with Crippen LogP contribution >= 0.6 is 11.6 Å². The van der Waals surface area contributed by atoms with Gasteiger partial charge in [0.1, 0.15) is 5.21 Å². The van der Waals surface area contributed by atoms with E-state index in [0.717, 1.165) is 19.3 Å². The van der Waals surface area contributed by atoms with Gasteiger partial charge in [-0.1, -0.05) is 20.3 Å². The van der Waals surface area contributed by atoms with E-state index >= 15 is 0 Å². The summed E-state index contributed by atoms with van der Waals surface area (Å²) >= 11 is 5.40. The second kappa shape index (κ2) is 4.37. The molecule has 84 valence electrons. The van der Waals surface area contributed by atoms with Crippen molar-refractivity contribution in [3.05, 3.63) is 0 Å². The molecule has 1 aliphatic rings. The molecule has 0 aromatic rings. The van der Waals surface area contributed by atoms with Gasteiger partial charge in [-0.3, -0.25) is 0 Å². The van der Waals surface area contributed by atoms with Gasteiger partial charge in [0, 0.05) is 13.1 Å². The topological polar surface area (TPSA) is 37.4 Å². The van der Waals surface area contributed by atoms with Crippen LogP contribution in [0.25, 0.3) is 0 Å². The van der Waals surface area contributed by atoms with E-state index in [-0.39, 0.29) is 5.21 Å². The van der Waals surface area contributed by atoms with Crippen molar-refractivity contribution in [2.75, 3.05) is 18.3 Å². The molecular weight excluding hydrogens is 222 g/mol. The number of sulfonamides is 1. The summed E-state index contributed by atoms with van der Waals surface area (Å²) < 4.78 is 24.4. The summed E-state index contributed by atoms with van der Waals surface area (Å²) in [6.45, 7) is 5.63. The summed E-state index contributed by atoms with van der Waals surface area (Å²) in [7, 11) is -3.18. The molecule has 0 N–H and O–H groups in total. The molecule has 0 radical (unpaired) electrons. The normalized spacial score (nSPS) is 23.6. The fourth-order valence-electron chi connectivity index (χ4n) is 1.73. The minimum atomic E-state index is -3.18. The average molecular weight is 240 g/mol. The average Bonchev–Trinajstić information content (AvgIpc) is 2.19. The van der Waals surface area contributed by atoms with Crippen LogP contribution in [0.1, 0.15) is 33.1 Å². The highest BCUT2D eigenvalue weighted by Crippen LogP contribution is 2.34. The third-order valence-corrected chi connectivity index (χ3v) is 5.57. The summed E-state index contributed by atoms with van der Waals surface area (Å²) in [5, 5.41) is -0.296. The SMILES string of the molecule is CCC1(C)CCN(S(=O)(=O)CCl)CC1. The molecular formula is C9H18ClNO2S. The van der Waals surface area contributed by atoms with E-state index in [0.29, 0.717) is 18.5 Å². The van der Waals surface area contributed by atoms with E-state index in [2.05, 4.69) is 13.8 Å². The van der Waals surface area contributed by atoms with Gasteiger partial charge in [0.2, 0.25) is 10.0 Å². The number of piperidine rings is 1. The number of hydrogen-bond acceptors (Lipinski definition) is 2. The Morgan fingerprint density at radius 3 is 2.21 bits per heavy atom. The molecule has 1 aliphatic heterocycles. The minimum Gasteiger partial charge on any atom is -0.211 e. The van der Waals surface area contributed by atoms with Gasteiger partial charge in [-0.2, -0.15) is 0 Å².